The number of ether oxygens (including phenoxy) is 2. The van der Waals surface area contributed by atoms with Crippen LogP contribution in [-0.4, -0.2) is 36.6 Å². The van der Waals surface area contributed by atoms with Gasteiger partial charge in [0.05, 0.1) is 19.3 Å². The van der Waals surface area contributed by atoms with E-state index >= 15 is 0 Å². The van der Waals surface area contributed by atoms with Crippen molar-refractivity contribution in [2.45, 2.75) is 19.6 Å². The highest BCUT2D eigenvalue weighted by Crippen LogP contribution is 2.17. The fourth-order valence-electron chi connectivity index (χ4n) is 2.77. The van der Waals surface area contributed by atoms with Crippen LogP contribution >= 0.6 is 0 Å². The summed E-state index contributed by atoms with van der Waals surface area (Å²) in [7, 11) is 0. The van der Waals surface area contributed by atoms with Crippen molar-refractivity contribution in [3.05, 3.63) is 71.8 Å². The molecule has 1 fully saturated rings. The first kappa shape index (κ1) is 17.2. The predicted octanol–water partition coefficient (Wildman–Crippen LogP) is 3.53. The molecular weight excluding hydrogens is 314 g/mol. The number of carbonyl (C=O) groups is 1. The van der Waals surface area contributed by atoms with Crippen molar-refractivity contribution in [1.82, 2.24) is 4.90 Å². The summed E-state index contributed by atoms with van der Waals surface area (Å²) in [4.78, 5) is 14.2. The van der Waals surface area contributed by atoms with Crippen molar-refractivity contribution in [2.75, 3.05) is 19.8 Å². The fourth-order valence-corrected chi connectivity index (χ4v) is 2.77. The number of benzene rings is 2. The molecule has 1 saturated heterocycles. The van der Waals surface area contributed by atoms with Crippen LogP contribution in [0, 0.1) is 0 Å². The van der Waals surface area contributed by atoms with E-state index in [0.29, 0.717) is 26.4 Å². The van der Waals surface area contributed by atoms with Gasteiger partial charge in [-0.15, -0.1) is 0 Å². The van der Waals surface area contributed by atoms with E-state index in [9.17, 15) is 4.79 Å². The van der Waals surface area contributed by atoms with Crippen LogP contribution in [-0.2, 0) is 16.1 Å². The van der Waals surface area contributed by atoms with Crippen LogP contribution in [0.3, 0.4) is 0 Å². The van der Waals surface area contributed by atoms with Gasteiger partial charge in [-0.25, -0.2) is 0 Å². The Bertz CT molecular complexity index is 727. The molecule has 1 amide bonds. The summed E-state index contributed by atoms with van der Waals surface area (Å²) in [6.07, 6.45) is 3.46. The second-order valence-electron chi connectivity index (χ2n) is 6.14. The normalized spacial score (nSPS) is 17.6. The summed E-state index contributed by atoms with van der Waals surface area (Å²) >= 11 is 0. The molecule has 0 radical (unpaired) electrons. The molecule has 2 aromatic rings. The summed E-state index contributed by atoms with van der Waals surface area (Å²) < 4.78 is 11.2. The molecule has 0 saturated carbocycles. The number of morpholine rings is 1. The fraction of sp³-hybridized carbons (Fsp3) is 0.286. The van der Waals surface area contributed by atoms with E-state index in [2.05, 4.69) is 0 Å². The number of hydrogen-bond donors (Lipinski definition) is 0. The topological polar surface area (TPSA) is 38.8 Å². The van der Waals surface area contributed by atoms with Crippen molar-refractivity contribution >= 4 is 12.0 Å². The Balaban J connectivity index is 1.60. The number of rotatable bonds is 5. The quantitative estimate of drug-likeness (QED) is 0.784. The molecule has 130 valence electrons. The SMILES string of the molecule is C[C@H]1COCCN1C(=O)/C=C\c1cccc(OCc2ccccc2)c1. The van der Waals surface area contributed by atoms with Gasteiger partial charge in [-0.3, -0.25) is 4.79 Å². The Morgan fingerprint density at radius 1 is 1.24 bits per heavy atom. The van der Waals surface area contributed by atoms with Gasteiger partial charge in [-0.1, -0.05) is 42.5 Å². The Hall–Kier alpha value is -2.59. The predicted molar refractivity (Wildman–Crippen MR) is 98.2 cm³/mol. The lowest BCUT2D eigenvalue weighted by Gasteiger charge is -2.32. The number of carbonyl (C=O) groups excluding carboxylic acids is 1. The Labute approximate surface area is 148 Å². The van der Waals surface area contributed by atoms with Crippen LogP contribution in [0.15, 0.2) is 60.7 Å². The first-order chi connectivity index (χ1) is 12.2. The van der Waals surface area contributed by atoms with Crippen molar-refractivity contribution in [3.63, 3.8) is 0 Å². The summed E-state index contributed by atoms with van der Waals surface area (Å²) in [5.41, 5.74) is 2.07. The Kier molecular flexibility index (Phi) is 5.86. The number of hydrogen-bond acceptors (Lipinski definition) is 3. The van der Waals surface area contributed by atoms with Crippen molar-refractivity contribution < 1.29 is 14.3 Å². The van der Waals surface area contributed by atoms with Gasteiger partial charge in [0.2, 0.25) is 5.91 Å². The Morgan fingerprint density at radius 3 is 2.88 bits per heavy atom. The average Bonchev–Trinajstić information content (AvgIpc) is 2.66. The van der Waals surface area contributed by atoms with Gasteiger partial charge >= 0.3 is 0 Å². The second-order valence-corrected chi connectivity index (χ2v) is 6.14. The highest BCUT2D eigenvalue weighted by molar-refractivity contribution is 5.92. The summed E-state index contributed by atoms with van der Waals surface area (Å²) in [5, 5.41) is 0. The van der Waals surface area contributed by atoms with E-state index in [1.807, 2.05) is 72.5 Å². The van der Waals surface area contributed by atoms with Crippen molar-refractivity contribution in [1.29, 1.82) is 0 Å². The molecule has 0 aliphatic carbocycles. The molecule has 1 atom stereocenters. The zero-order valence-electron chi connectivity index (χ0n) is 14.4. The molecule has 2 aromatic carbocycles. The minimum Gasteiger partial charge on any atom is -0.489 e. The minimum atomic E-state index is 0.0198. The lowest BCUT2D eigenvalue weighted by atomic mass is 10.2. The lowest BCUT2D eigenvalue weighted by Crippen LogP contribution is -2.46. The van der Waals surface area contributed by atoms with Crippen LogP contribution in [0.1, 0.15) is 18.1 Å². The van der Waals surface area contributed by atoms with E-state index in [1.54, 1.807) is 6.08 Å². The van der Waals surface area contributed by atoms with Gasteiger partial charge in [0.1, 0.15) is 12.4 Å². The first-order valence-electron chi connectivity index (χ1n) is 8.55. The third-order valence-corrected chi connectivity index (χ3v) is 4.18. The van der Waals surface area contributed by atoms with Gasteiger partial charge in [0.15, 0.2) is 0 Å². The third-order valence-electron chi connectivity index (χ3n) is 4.18. The van der Waals surface area contributed by atoms with E-state index in [0.717, 1.165) is 16.9 Å². The van der Waals surface area contributed by atoms with Crippen LogP contribution in [0.4, 0.5) is 0 Å². The Morgan fingerprint density at radius 2 is 2.08 bits per heavy atom. The molecule has 3 rings (SSSR count). The van der Waals surface area contributed by atoms with E-state index in [4.69, 9.17) is 9.47 Å². The largest absolute Gasteiger partial charge is 0.489 e. The van der Waals surface area contributed by atoms with Gasteiger partial charge in [0.25, 0.3) is 0 Å². The summed E-state index contributed by atoms with van der Waals surface area (Å²) in [6, 6.07) is 17.9. The third kappa shape index (κ3) is 4.94. The molecule has 4 heteroatoms. The molecule has 0 aromatic heterocycles. The molecular formula is C21H23NO3. The van der Waals surface area contributed by atoms with E-state index < -0.39 is 0 Å². The van der Waals surface area contributed by atoms with Crippen molar-refractivity contribution in [2.24, 2.45) is 0 Å². The smallest absolute Gasteiger partial charge is 0.246 e. The molecule has 0 unspecified atom stereocenters. The van der Waals surface area contributed by atoms with Crippen LogP contribution in [0.25, 0.3) is 6.08 Å². The standard InChI is InChI=1S/C21H23NO3/c1-17-15-24-13-12-22(17)21(23)11-10-18-8-5-9-20(14-18)25-16-19-6-3-2-4-7-19/h2-11,14,17H,12-13,15-16H2,1H3/b11-10-/t17-/m0/s1. The zero-order valence-corrected chi connectivity index (χ0v) is 14.4. The average molecular weight is 337 g/mol. The van der Waals surface area contributed by atoms with Crippen LogP contribution in [0.2, 0.25) is 0 Å². The molecule has 25 heavy (non-hydrogen) atoms. The molecule has 0 bridgehead atoms. The van der Waals surface area contributed by atoms with E-state index in [-0.39, 0.29) is 11.9 Å². The van der Waals surface area contributed by atoms with Gasteiger partial charge in [-0.05, 0) is 36.3 Å². The minimum absolute atomic E-state index is 0.0198. The summed E-state index contributed by atoms with van der Waals surface area (Å²) in [6.45, 7) is 4.38. The van der Waals surface area contributed by atoms with Crippen molar-refractivity contribution in [3.8, 4) is 5.75 Å². The molecule has 1 heterocycles. The summed E-state index contributed by atoms with van der Waals surface area (Å²) in [5.74, 6) is 0.810. The van der Waals surface area contributed by atoms with Gasteiger partial charge in [-0.2, -0.15) is 0 Å². The number of amides is 1. The van der Waals surface area contributed by atoms with Gasteiger partial charge < -0.3 is 14.4 Å². The maximum Gasteiger partial charge on any atom is 0.246 e. The molecule has 1 aliphatic heterocycles. The zero-order chi connectivity index (χ0) is 17.5. The highest BCUT2D eigenvalue weighted by atomic mass is 16.5. The molecule has 4 nitrogen and oxygen atoms in total. The van der Waals surface area contributed by atoms with Gasteiger partial charge in [0, 0.05) is 12.6 Å². The van der Waals surface area contributed by atoms with E-state index in [1.165, 1.54) is 0 Å². The highest BCUT2D eigenvalue weighted by Gasteiger charge is 2.21. The first-order valence-corrected chi connectivity index (χ1v) is 8.55. The maximum absolute atomic E-state index is 12.3. The molecule has 0 spiro atoms. The lowest BCUT2D eigenvalue weighted by molar-refractivity contribution is -0.133. The monoisotopic (exact) mass is 337 g/mol. The molecule has 1 aliphatic rings. The second kappa shape index (κ2) is 8.49. The molecule has 0 N–H and O–H groups in total. The van der Waals surface area contributed by atoms with Crippen LogP contribution < -0.4 is 4.74 Å². The number of nitrogens with zero attached hydrogens (tertiary/aromatic N) is 1. The maximum atomic E-state index is 12.3. The van der Waals surface area contributed by atoms with Crippen LogP contribution in [0.5, 0.6) is 5.75 Å².